The van der Waals surface area contributed by atoms with Crippen LogP contribution in [0.2, 0.25) is 0 Å². The van der Waals surface area contributed by atoms with Gasteiger partial charge in [-0.15, -0.1) is 0 Å². The second-order valence-corrected chi connectivity index (χ2v) is 17.7. The summed E-state index contributed by atoms with van der Waals surface area (Å²) in [7, 11) is 0. The number of carbonyl (C=O) groups excluding carboxylic acids is 1. The van der Waals surface area contributed by atoms with Gasteiger partial charge in [0.1, 0.15) is 6.29 Å². The maximum absolute atomic E-state index is 10.9. The average Bonchev–Trinajstić information content (AvgIpc) is 3.30. The van der Waals surface area contributed by atoms with E-state index in [4.69, 9.17) is 0 Å². The summed E-state index contributed by atoms with van der Waals surface area (Å²) in [6.45, 7) is 11.8. The molecule has 0 aliphatic heterocycles. The number of aldehydes is 1. The first-order valence-electron chi connectivity index (χ1n) is 24.7. The molecule has 0 aliphatic carbocycles. The van der Waals surface area contributed by atoms with Gasteiger partial charge in [-0.05, 0) is 83.0 Å². The summed E-state index contributed by atoms with van der Waals surface area (Å²) >= 11 is 0. The second-order valence-electron chi connectivity index (χ2n) is 17.7. The summed E-state index contributed by atoms with van der Waals surface area (Å²) < 4.78 is 0. The number of rotatable bonds is 32. The van der Waals surface area contributed by atoms with Crippen molar-refractivity contribution in [3.63, 3.8) is 0 Å². The first-order chi connectivity index (χ1) is 30.0. The molecule has 0 saturated heterocycles. The van der Waals surface area contributed by atoms with Crippen LogP contribution in [0.3, 0.4) is 0 Å². The molecule has 0 heterocycles. The third kappa shape index (κ3) is 20.3. The lowest BCUT2D eigenvalue weighted by Crippen LogP contribution is -2.34. The van der Waals surface area contributed by atoms with Crippen LogP contribution in [0.4, 0.5) is 5.69 Å². The molecule has 0 N–H and O–H groups in total. The summed E-state index contributed by atoms with van der Waals surface area (Å²) in [5.41, 5.74) is 9.16. The van der Waals surface area contributed by atoms with Crippen LogP contribution in [0, 0.1) is 11.8 Å². The van der Waals surface area contributed by atoms with Gasteiger partial charge in [0, 0.05) is 24.3 Å². The van der Waals surface area contributed by atoms with Crippen LogP contribution in [0.5, 0.6) is 0 Å². The fourth-order valence-electron chi connectivity index (χ4n) is 8.50. The third-order valence-electron chi connectivity index (χ3n) is 12.4. The summed E-state index contributed by atoms with van der Waals surface area (Å²) in [6, 6.07) is 34.5. The molecule has 0 radical (unpaired) electrons. The highest BCUT2D eigenvalue weighted by molar-refractivity contribution is 5.77. The number of hydrogen-bond donors (Lipinski definition) is 0. The van der Waals surface area contributed by atoms with E-state index in [1.165, 1.54) is 169 Å². The smallest absolute Gasteiger partial charge is 0.150 e. The Morgan fingerprint density at radius 1 is 0.344 bits per heavy atom. The van der Waals surface area contributed by atoms with Crippen molar-refractivity contribution in [1.82, 2.24) is 0 Å². The van der Waals surface area contributed by atoms with E-state index in [1.807, 2.05) is 24.3 Å². The van der Waals surface area contributed by atoms with E-state index in [0.29, 0.717) is 5.56 Å². The highest BCUT2D eigenvalue weighted by Gasteiger charge is 2.19. The fourth-order valence-corrected chi connectivity index (χ4v) is 8.50. The van der Waals surface area contributed by atoms with Gasteiger partial charge in [-0.25, -0.2) is 0 Å². The van der Waals surface area contributed by atoms with Gasteiger partial charge in [0.25, 0.3) is 0 Å². The van der Waals surface area contributed by atoms with Gasteiger partial charge in [-0.1, -0.05) is 252 Å². The zero-order valence-electron chi connectivity index (χ0n) is 38.8. The van der Waals surface area contributed by atoms with E-state index >= 15 is 0 Å². The summed E-state index contributed by atoms with van der Waals surface area (Å²) in [5.74, 6) is 1.56. The molecule has 4 aromatic carbocycles. The average molecular weight is 820 g/mol. The number of anilines is 1. The molecule has 2 nitrogen and oxygen atoms in total. The van der Waals surface area contributed by atoms with E-state index in [0.717, 1.165) is 29.2 Å². The predicted molar refractivity (Wildman–Crippen MR) is 272 cm³/mol. The zero-order valence-corrected chi connectivity index (χ0v) is 38.8. The standard InChI is InChI=1S/C59H81NO/c1-5-9-13-17-21-56(22-18-14-10-6-2)47-60(48-57(23-19-15-11-7-3)24-20-16-12-8-4)59-45-43-55(44-46-59)38-37-53-33-31-51(32-34-53)26-25-50-27-29-52(30-28-50)35-36-54-39-41-58(49-61)42-40-54/h25-46,49,56-57H,5-24,47-48H2,1-4H3/b26-25+,36-35+,38-37+. The number of nitrogens with zero attached hydrogens (tertiary/aromatic N) is 1. The van der Waals surface area contributed by atoms with Crippen molar-refractivity contribution in [2.75, 3.05) is 18.0 Å². The van der Waals surface area contributed by atoms with Gasteiger partial charge in [-0.3, -0.25) is 4.79 Å². The van der Waals surface area contributed by atoms with Crippen LogP contribution >= 0.6 is 0 Å². The predicted octanol–water partition coefficient (Wildman–Crippen LogP) is 17.9. The fraction of sp³-hybridized carbons (Fsp3) is 0.475. The van der Waals surface area contributed by atoms with E-state index < -0.39 is 0 Å². The lowest BCUT2D eigenvalue weighted by Gasteiger charge is -2.33. The van der Waals surface area contributed by atoms with Crippen LogP contribution in [0.25, 0.3) is 36.5 Å². The number of carbonyl (C=O) groups is 1. The summed E-state index contributed by atoms with van der Waals surface area (Å²) in [6.07, 6.45) is 41.2. The van der Waals surface area contributed by atoms with Crippen molar-refractivity contribution in [2.24, 2.45) is 11.8 Å². The van der Waals surface area contributed by atoms with Gasteiger partial charge >= 0.3 is 0 Å². The Hall–Kier alpha value is -4.43. The minimum absolute atomic E-state index is 0.696. The zero-order chi connectivity index (χ0) is 43.2. The maximum atomic E-state index is 10.9. The lowest BCUT2D eigenvalue weighted by molar-refractivity contribution is 0.112. The van der Waals surface area contributed by atoms with Crippen LogP contribution < -0.4 is 4.90 Å². The summed E-state index contributed by atoms with van der Waals surface area (Å²) in [4.78, 5) is 13.8. The van der Waals surface area contributed by atoms with Crippen LogP contribution in [-0.4, -0.2) is 19.4 Å². The number of benzene rings is 4. The van der Waals surface area contributed by atoms with Crippen molar-refractivity contribution >= 4 is 48.4 Å². The molecule has 0 bridgehead atoms. The Bertz CT molecular complexity index is 1740. The first-order valence-corrected chi connectivity index (χ1v) is 24.7. The van der Waals surface area contributed by atoms with Crippen LogP contribution in [-0.2, 0) is 0 Å². The summed E-state index contributed by atoms with van der Waals surface area (Å²) in [5, 5.41) is 0. The third-order valence-corrected chi connectivity index (χ3v) is 12.4. The van der Waals surface area contributed by atoms with E-state index in [1.54, 1.807) is 0 Å². The van der Waals surface area contributed by atoms with Crippen molar-refractivity contribution < 1.29 is 4.79 Å². The van der Waals surface area contributed by atoms with Crippen LogP contribution in [0.15, 0.2) is 97.1 Å². The monoisotopic (exact) mass is 820 g/mol. The van der Waals surface area contributed by atoms with Crippen molar-refractivity contribution in [2.45, 2.75) is 156 Å². The van der Waals surface area contributed by atoms with Crippen molar-refractivity contribution in [3.8, 4) is 0 Å². The van der Waals surface area contributed by atoms with Crippen molar-refractivity contribution in [3.05, 3.63) is 136 Å². The second kappa shape index (κ2) is 30.6. The van der Waals surface area contributed by atoms with Gasteiger partial charge in [0.2, 0.25) is 0 Å². The Morgan fingerprint density at radius 2 is 0.590 bits per heavy atom. The van der Waals surface area contributed by atoms with Gasteiger partial charge in [0.15, 0.2) is 0 Å². The highest BCUT2D eigenvalue weighted by atomic mass is 16.1. The largest absolute Gasteiger partial charge is 0.371 e. The van der Waals surface area contributed by atoms with Gasteiger partial charge in [0.05, 0.1) is 0 Å². The molecular weight excluding hydrogens is 739 g/mol. The molecule has 0 saturated carbocycles. The molecule has 0 fully saturated rings. The SMILES string of the molecule is CCCCCCC(CCCCCC)CN(CC(CCCCCC)CCCCCC)c1ccc(/C=C/c2ccc(/C=C/c3ccc(/C=C/c4ccc(C=O)cc4)cc3)cc2)cc1. The lowest BCUT2D eigenvalue weighted by atomic mass is 9.91. The Kier molecular flexibility index (Phi) is 24.7. The normalized spacial score (nSPS) is 11.9. The molecule has 0 spiro atoms. The molecule has 0 aromatic heterocycles. The maximum Gasteiger partial charge on any atom is 0.150 e. The van der Waals surface area contributed by atoms with Crippen LogP contribution in [0.1, 0.15) is 200 Å². The molecule has 61 heavy (non-hydrogen) atoms. The molecule has 0 amide bonds. The molecule has 328 valence electrons. The van der Waals surface area contributed by atoms with Gasteiger partial charge < -0.3 is 4.90 Å². The molecule has 2 heteroatoms. The Balaban J connectivity index is 1.41. The van der Waals surface area contributed by atoms with E-state index in [-0.39, 0.29) is 0 Å². The molecule has 0 unspecified atom stereocenters. The van der Waals surface area contributed by atoms with Crippen molar-refractivity contribution in [1.29, 1.82) is 0 Å². The highest BCUT2D eigenvalue weighted by Crippen LogP contribution is 2.28. The quantitative estimate of drug-likeness (QED) is 0.0278. The van der Waals surface area contributed by atoms with E-state index in [2.05, 4.69) is 142 Å². The molecule has 4 rings (SSSR count). The molecule has 0 atom stereocenters. The minimum atomic E-state index is 0.696. The topological polar surface area (TPSA) is 20.3 Å². The molecule has 0 aliphatic rings. The molecular formula is C59H81NO. The molecule has 4 aromatic rings. The Labute approximate surface area is 373 Å². The Morgan fingerprint density at radius 3 is 0.836 bits per heavy atom. The first kappa shape index (κ1) is 49.2. The number of unbranched alkanes of at least 4 members (excludes halogenated alkanes) is 12. The minimum Gasteiger partial charge on any atom is -0.371 e. The van der Waals surface area contributed by atoms with Gasteiger partial charge in [-0.2, -0.15) is 0 Å². The van der Waals surface area contributed by atoms with E-state index in [9.17, 15) is 4.79 Å². The number of hydrogen-bond acceptors (Lipinski definition) is 2.